The quantitative estimate of drug-likeness (QED) is 0.343. The van der Waals surface area contributed by atoms with Crippen LogP contribution in [0.4, 0.5) is 5.69 Å². The van der Waals surface area contributed by atoms with E-state index in [-0.39, 0.29) is 18.8 Å². The second-order valence-electron chi connectivity index (χ2n) is 3.99. The van der Waals surface area contributed by atoms with Crippen LogP contribution in [0, 0.1) is 0 Å². The Morgan fingerprint density at radius 3 is 2.36 bits per heavy atom. The van der Waals surface area contributed by atoms with Crippen LogP contribution in [0.5, 0.6) is 0 Å². The molecule has 0 saturated carbocycles. The number of anilines is 1. The van der Waals surface area contributed by atoms with Gasteiger partial charge in [0.2, 0.25) is 0 Å². The highest BCUT2D eigenvalue weighted by molar-refractivity contribution is 6.13. The van der Waals surface area contributed by atoms with E-state index in [1.807, 2.05) is 0 Å². The van der Waals surface area contributed by atoms with Gasteiger partial charge in [0.25, 0.3) is 0 Å². The van der Waals surface area contributed by atoms with E-state index in [0.29, 0.717) is 5.69 Å². The van der Waals surface area contributed by atoms with E-state index < -0.39 is 23.5 Å². The fourth-order valence-electron chi connectivity index (χ4n) is 1.56. The molecule has 0 spiro atoms. The van der Waals surface area contributed by atoms with E-state index in [2.05, 4.69) is 10.1 Å². The Morgan fingerprint density at radius 1 is 1.14 bits per heavy atom. The third-order valence-corrected chi connectivity index (χ3v) is 2.52. The Hall–Kier alpha value is -2.83. The van der Waals surface area contributed by atoms with Gasteiger partial charge in [-0.25, -0.2) is 14.4 Å². The summed E-state index contributed by atoms with van der Waals surface area (Å²) >= 11 is 0. The SMILES string of the molecule is CCOC(=O)/C(=C/Nc1ccccc1C(=O)OCC)C(=O)O. The predicted octanol–water partition coefficient (Wildman–Crippen LogP) is 1.81. The minimum absolute atomic E-state index is 0.0584. The zero-order chi connectivity index (χ0) is 16.5. The summed E-state index contributed by atoms with van der Waals surface area (Å²) in [5.41, 5.74) is -0.0151. The van der Waals surface area contributed by atoms with Crippen molar-refractivity contribution in [3.05, 3.63) is 41.6 Å². The van der Waals surface area contributed by atoms with E-state index in [0.717, 1.165) is 6.20 Å². The molecule has 0 fully saturated rings. The molecular weight excluding hydrogens is 290 g/mol. The molecular formula is C15H17NO6. The number of carbonyl (C=O) groups excluding carboxylic acids is 2. The van der Waals surface area contributed by atoms with Gasteiger partial charge in [0.1, 0.15) is 0 Å². The molecule has 22 heavy (non-hydrogen) atoms. The normalized spacial score (nSPS) is 10.7. The monoisotopic (exact) mass is 307 g/mol. The van der Waals surface area contributed by atoms with Gasteiger partial charge in [-0.1, -0.05) is 12.1 Å². The van der Waals surface area contributed by atoms with Gasteiger partial charge in [-0.2, -0.15) is 0 Å². The number of benzene rings is 1. The van der Waals surface area contributed by atoms with E-state index in [1.165, 1.54) is 6.07 Å². The predicted molar refractivity (Wildman–Crippen MR) is 78.4 cm³/mol. The average Bonchev–Trinajstić information content (AvgIpc) is 2.48. The first-order valence-corrected chi connectivity index (χ1v) is 6.64. The number of para-hydroxylation sites is 1. The summed E-state index contributed by atoms with van der Waals surface area (Å²) in [5.74, 6) is -2.94. The first-order chi connectivity index (χ1) is 10.5. The van der Waals surface area contributed by atoms with E-state index >= 15 is 0 Å². The molecule has 0 atom stereocenters. The fraction of sp³-hybridized carbons (Fsp3) is 0.267. The number of carbonyl (C=O) groups is 3. The number of esters is 2. The Bertz CT molecular complexity index is 593. The molecule has 0 amide bonds. The molecule has 0 aliphatic carbocycles. The number of carboxylic acid groups (broad SMARTS) is 1. The van der Waals surface area contributed by atoms with Gasteiger partial charge in [-0.15, -0.1) is 0 Å². The molecule has 0 aliphatic heterocycles. The largest absolute Gasteiger partial charge is 0.477 e. The molecule has 7 nitrogen and oxygen atoms in total. The van der Waals surface area contributed by atoms with Crippen molar-refractivity contribution in [1.29, 1.82) is 0 Å². The first-order valence-electron chi connectivity index (χ1n) is 6.64. The molecule has 1 aromatic carbocycles. The minimum Gasteiger partial charge on any atom is -0.477 e. The molecule has 2 N–H and O–H groups in total. The van der Waals surface area contributed by atoms with Crippen LogP contribution in [0.2, 0.25) is 0 Å². The van der Waals surface area contributed by atoms with E-state index in [1.54, 1.807) is 32.0 Å². The average molecular weight is 307 g/mol. The molecule has 0 heterocycles. The summed E-state index contributed by atoms with van der Waals surface area (Å²) in [6.07, 6.45) is 0.985. The van der Waals surface area contributed by atoms with E-state index in [9.17, 15) is 14.4 Å². The molecule has 0 radical (unpaired) electrons. The molecule has 0 aliphatic rings. The Balaban J connectivity index is 3.02. The number of hydrogen-bond acceptors (Lipinski definition) is 6. The molecule has 1 rings (SSSR count). The first kappa shape index (κ1) is 17.2. The van der Waals surface area contributed by atoms with Crippen molar-refractivity contribution in [2.24, 2.45) is 0 Å². The Morgan fingerprint density at radius 2 is 1.77 bits per heavy atom. The van der Waals surface area contributed by atoms with Gasteiger partial charge >= 0.3 is 17.9 Å². The standard InChI is InChI=1S/C15H17NO6/c1-3-21-14(19)10-7-5-6-8-12(10)16-9-11(13(17)18)15(20)22-4-2/h5-9,16H,3-4H2,1-2H3,(H,17,18)/b11-9+. The van der Waals surface area contributed by atoms with E-state index in [4.69, 9.17) is 9.84 Å². The zero-order valence-electron chi connectivity index (χ0n) is 12.3. The van der Waals surface area contributed by atoms with Crippen molar-refractivity contribution >= 4 is 23.6 Å². The van der Waals surface area contributed by atoms with Crippen LogP contribution in [0.25, 0.3) is 0 Å². The summed E-state index contributed by atoms with van der Waals surface area (Å²) in [5, 5.41) is 11.6. The summed E-state index contributed by atoms with van der Waals surface area (Å²) in [4.78, 5) is 34.4. The lowest BCUT2D eigenvalue weighted by atomic mass is 10.2. The molecule has 118 valence electrons. The lowest BCUT2D eigenvalue weighted by Gasteiger charge is -2.09. The lowest BCUT2D eigenvalue weighted by Crippen LogP contribution is -2.17. The second-order valence-corrected chi connectivity index (χ2v) is 3.99. The van der Waals surface area contributed by atoms with Crippen molar-refractivity contribution in [1.82, 2.24) is 0 Å². The maximum absolute atomic E-state index is 11.8. The van der Waals surface area contributed by atoms with Crippen LogP contribution in [-0.2, 0) is 19.1 Å². The van der Waals surface area contributed by atoms with Crippen LogP contribution in [0.15, 0.2) is 36.0 Å². The number of ether oxygens (including phenoxy) is 2. The number of rotatable bonds is 7. The lowest BCUT2D eigenvalue weighted by molar-refractivity contribution is -0.143. The van der Waals surface area contributed by atoms with Crippen LogP contribution in [0.3, 0.4) is 0 Å². The van der Waals surface area contributed by atoms with Crippen molar-refractivity contribution in [2.75, 3.05) is 18.5 Å². The van der Waals surface area contributed by atoms with Gasteiger partial charge in [0.15, 0.2) is 5.57 Å². The smallest absolute Gasteiger partial charge is 0.347 e. The third kappa shape index (κ3) is 4.62. The van der Waals surface area contributed by atoms with Crippen molar-refractivity contribution < 1.29 is 29.0 Å². The van der Waals surface area contributed by atoms with Crippen LogP contribution >= 0.6 is 0 Å². The number of hydrogen-bond donors (Lipinski definition) is 2. The maximum Gasteiger partial charge on any atom is 0.347 e. The highest BCUT2D eigenvalue weighted by Crippen LogP contribution is 2.17. The maximum atomic E-state index is 11.8. The van der Waals surface area contributed by atoms with Crippen molar-refractivity contribution in [3.63, 3.8) is 0 Å². The summed E-state index contributed by atoms with van der Waals surface area (Å²) < 4.78 is 9.55. The Labute approximate surface area is 127 Å². The van der Waals surface area contributed by atoms with Gasteiger partial charge in [0, 0.05) is 6.20 Å². The Kier molecular flexibility index (Phi) is 6.62. The van der Waals surface area contributed by atoms with Gasteiger partial charge in [-0.3, -0.25) is 0 Å². The number of carboxylic acids is 1. The fourth-order valence-corrected chi connectivity index (χ4v) is 1.56. The van der Waals surface area contributed by atoms with Gasteiger partial charge in [-0.05, 0) is 26.0 Å². The van der Waals surface area contributed by atoms with Gasteiger partial charge in [0.05, 0.1) is 24.5 Å². The summed E-state index contributed by atoms with van der Waals surface area (Å²) in [6.45, 7) is 3.52. The second kappa shape index (κ2) is 8.46. The van der Waals surface area contributed by atoms with Crippen molar-refractivity contribution in [3.8, 4) is 0 Å². The minimum atomic E-state index is -1.43. The molecule has 0 bridgehead atoms. The molecule has 0 unspecified atom stereocenters. The molecule has 0 aromatic heterocycles. The number of nitrogens with one attached hydrogen (secondary N) is 1. The molecule has 0 saturated heterocycles. The molecule has 7 heteroatoms. The van der Waals surface area contributed by atoms with Crippen LogP contribution < -0.4 is 5.32 Å². The number of aliphatic carboxylic acids is 1. The van der Waals surface area contributed by atoms with Crippen LogP contribution in [-0.4, -0.2) is 36.2 Å². The highest BCUT2D eigenvalue weighted by Gasteiger charge is 2.19. The highest BCUT2D eigenvalue weighted by atomic mass is 16.5. The summed E-state index contributed by atoms with van der Waals surface area (Å²) in [7, 11) is 0. The molecule has 1 aromatic rings. The zero-order valence-corrected chi connectivity index (χ0v) is 12.3. The topological polar surface area (TPSA) is 102 Å². The third-order valence-electron chi connectivity index (χ3n) is 2.52. The summed E-state index contributed by atoms with van der Waals surface area (Å²) in [6, 6.07) is 6.39. The van der Waals surface area contributed by atoms with Crippen LogP contribution in [0.1, 0.15) is 24.2 Å². The van der Waals surface area contributed by atoms with Gasteiger partial charge < -0.3 is 19.9 Å². The van der Waals surface area contributed by atoms with Crippen molar-refractivity contribution in [2.45, 2.75) is 13.8 Å².